The Morgan fingerprint density at radius 2 is 2.25 bits per heavy atom. The fourth-order valence-electron chi connectivity index (χ4n) is 3.63. The Morgan fingerprint density at radius 1 is 1.35 bits per heavy atom. The summed E-state index contributed by atoms with van der Waals surface area (Å²) in [5.74, 6) is 0. The van der Waals surface area contributed by atoms with Crippen molar-refractivity contribution >= 4 is 11.4 Å². The third kappa shape index (κ3) is 2.78. The smallest absolute Gasteiger partial charge is 0.0393 e. The van der Waals surface area contributed by atoms with Crippen LogP contribution >= 0.6 is 0 Å². The first-order valence-corrected chi connectivity index (χ1v) is 8.10. The van der Waals surface area contributed by atoms with Crippen molar-refractivity contribution in [2.45, 2.75) is 38.6 Å². The van der Waals surface area contributed by atoms with Gasteiger partial charge in [0.2, 0.25) is 0 Å². The summed E-state index contributed by atoms with van der Waals surface area (Å²) < 4.78 is 0. The van der Waals surface area contributed by atoms with E-state index in [1.807, 2.05) is 0 Å². The second-order valence-corrected chi connectivity index (χ2v) is 6.18. The zero-order valence-electron chi connectivity index (χ0n) is 12.9. The summed E-state index contributed by atoms with van der Waals surface area (Å²) in [5, 5.41) is 3.53. The van der Waals surface area contributed by atoms with E-state index in [1.165, 1.54) is 55.7 Å². The molecule has 2 aliphatic heterocycles. The summed E-state index contributed by atoms with van der Waals surface area (Å²) in [4.78, 5) is 5.04. The van der Waals surface area contributed by atoms with E-state index in [4.69, 9.17) is 0 Å². The Hall–Kier alpha value is -1.22. The number of hydrogen-bond donors (Lipinski definition) is 1. The van der Waals surface area contributed by atoms with E-state index in [2.05, 4.69) is 47.3 Å². The molecule has 2 aliphatic rings. The Bertz CT molecular complexity index is 458. The van der Waals surface area contributed by atoms with Gasteiger partial charge in [0.15, 0.2) is 0 Å². The van der Waals surface area contributed by atoms with Crippen LogP contribution in [0, 0.1) is 0 Å². The lowest BCUT2D eigenvalue weighted by atomic mass is 10.0. The van der Waals surface area contributed by atoms with E-state index in [0.717, 1.165) is 19.1 Å². The summed E-state index contributed by atoms with van der Waals surface area (Å²) in [6, 6.07) is 7.66. The fourth-order valence-corrected chi connectivity index (χ4v) is 3.63. The molecule has 0 radical (unpaired) electrons. The molecule has 110 valence electrons. The molecule has 3 rings (SSSR count). The summed E-state index contributed by atoms with van der Waals surface area (Å²) in [7, 11) is 2.23. The van der Waals surface area contributed by atoms with Gasteiger partial charge in [0.05, 0.1) is 0 Å². The second-order valence-electron chi connectivity index (χ2n) is 6.18. The molecule has 0 saturated carbocycles. The van der Waals surface area contributed by atoms with Gasteiger partial charge in [-0.25, -0.2) is 0 Å². The van der Waals surface area contributed by atoms with Crippen molar-refractivity contribution in [3.63, 3.8) is 0 Å². The largest absolute Gasteiger partial charge is 0.385 e. The van der Waals surface area contributed by atoms with Crippen LogP contribution in [-0.2, 0) is 6.42 Å². The average Bonchev–Trinajstić information content (AvgIpc) is 2.94. The van der Waals surface area contributed by atoms with Crippen LogP contribution in [-0.4, -0.2) is 44.2 Å². The van der Waals surface area contributed by atoms with Gasteiger partial charge in [0, 0.05) is 37.6 Å². The third-order valence-corrected chi connectivity index (χ3v) is 4.86. The van der Waals surface area contributed by atoms with Crippen molar-refractivity contribution in [3.8, 4) is 0 Å². The van der Waals surface area contributed by atoms with Crippen molar-refractivity contribution in [3.05, 3.63) is 23.8 Å². The number of hydrogen-bond acceptors (Lipinski definition) is 3. The number of rotatable bonds is 4. The standard InChI is InChI=1S/C17H27N3/c1-3-20-11-5-7-16(20)13-19(2)15-9-8-14-6-4-10-18-17(14)12-15/h8-9,12,16,18H,3-7,10-11,13H2,1-2H3. The molecule has 1 N–H and O–H groups in total. The van der Waals surface area contributed by atoms with Crippen LogP contribution in [0.25, 0.3) is 0 Å². The molecule has 1 aromatic carbocycles. The number of anilines is 2. The van der Waals surface area contributed by atoms with Crippen LogP contribution in [0.2, 0.25) is 0 Å². The molecule has 0 bridgehead atoms. The van der Waals surface area contributed by atoms with Gasteiger partial charge in [-0.2, -0.15) is 0 Å². The summed E-state index contributed by atoms with van der Waals surface area (Å²) in [6.07, 6.45) is 5.19. The molecule has 0 aliphatic carbocycles. The Kier molecular flexibility index (Phi) is 4.16. The first kappa shape index (κ1) is 13.7. The predicted molar refractivity (Wildman–Crippen MR) is 86.8 cm³/mol. The highest BCUT2D eigenvalue weighted by Gasteiger charge is 2.24. The fraction of sp³-hybridized carbons (Fsp3) is 0.647. The lowest BCUT2D eigenvalue weighted by molar-refractivity contribution is 0.270. The van der Waals surface area contributed by atoms with Gasteiger partial charge in [-0.05, 0) is 56.5 Å². The minimum absolute atomic E-state index is 0.731. The zero-order valence-corrected chi connectivity index (χ0v) is 12.9. The van der Waals surface area contributed by atoms with E-state index < -0.39 is 0 Å². The molecule has 0 amide bonds. The van der Waals surface area contributed by atoms with Gasteiger partial charge in [-0.15, -0.1) is 0 Å². The number of likely N-dealkylation sites (N-methyl/N-ethyl adjacent to an activating group) is 2. The molecule has 1 atom stereocenters. The van der Waals surface area contributed by atoms with Crippen LogP contribution < -0.4 is 10.2 Å². The molecule has 0 spiro atoms. The second kappa shape index (κ2) is 6.04. The average molecular weight is 273 g/mol. The molecular weight excluding hydrogens is 246 g/mol. The lowest BCUT2D eigenvalue weighted by Gasteiger charge is -2.30. The zero-order chi connectivity index (χ0) is 13.9. The van der Waals surface area contributed by atoms with Gasteiger partial charge in [-0.1, -0.05) is 13.0 Å². The van der Waals surface area contributed by atoms with Crippen LogP contribution in [0.15, 0.2) is 18.2 Å². The number of aryl methyl sites for hydroxylation is 1. The van der Waals surface area contributed by atoms with Crippen LogP contribution in [0.1, 0.15) is 31.7 Å². The lowest BCUT2D eigenvalue weighted by Crippen LogP contribution is -2.38. The topological polar surface area (TPSA) is 18.5 Å². The Balaban J connectivity index is 1.69. The number of benzene rings is 1. The molecule has 3 nitrogen and oxygen atoms in total. The first-order valence-electron chi connectivity index (χ1n) is 8.10. The Morgan fingerprint density at radius 3 is 3.10 bits per heavy atom. The summed E-state index contributed by atoms with van der Waals surface area (Å²) in [6.45, 7) is 7.01. The van der Waals surface area contributed by atoms with Crippen molar-refractivity contribution in [2.24, 2.45) is 0 Å². The third-order valence-electron chi connectivity index (χ3n) is 4.86. The first-order chi connectivity index (χ1) is 9.78. The molecule has 1 unspecified atom stereocenters. The molecule has 1 aromatic rings. The van der Waals surface area contributed by atoms with Gasteiger partial charge in [0.25, 0.3) is 0 Å². The van der Waals surface area contributed by atoms with Gasteiger partial charge in [0.1, 0.15) is 0 Å². The highest BCUT2D eigenvalue weighted by atomic mass is 15.2. The maximum absolute atomic E-state index is 3.53. The van der Waals surface area contributed by atoms with Crippen LogP contribution in [0.4, 0.5) is 11.4 Å². The van der Waals surface area contributed by atoms with E-state index in [0.29, 0.717) is 0 Å². The van der Waals surface area contributed by atoms with Gasteiger partial charge >= 0.3 is 0 Å². The number of fused-ring (bicyclic) bond motifs is 1. The van der Waals surface area contributed by atoms with E-state index in [-0.39, 0.29) is 0 Å². The molecule has 1 saturated heterocycles. The molecule has 2 heterocycles. The van der Waals surface area contributed by atoms with Crippen LogP contribution in [0.5, 0.6) is 0 Å². The Labute approximate surface area is 123 Å². The summed E-state index contributed by atoms with van der Waals surface area (Å²) in [5.41, 5.74) is 4.17. The summed E-state index contributed by atoms with van der Waals surface area (Å²) >= 11 is 0. The van der Waals surface area contributed by atoms with E-state index in [1.54, 1.807) is 0 Å². The predicted octanol–water partition coefficient (Wildman–Crippen LogP) is 2.97. The highest BCUT2D eigenvalue weighted by molar-refractivity contribution is 5.63. The molecule has 3 heteroatoms. The molecule has 0 aromatic heterocycles. The van der Waals surface area contributed by atoms with Crippen molar-refractivity contribution in [1.82, 2.24) is 4.90 Å². The van der Waals surface area contributed by atoms with Crippen molar-refractivity contribution in [1.29, 1.82) is 0 Å². The number of nitrogens with one attached hydrogen (secondary N) is 1. The quantitative estimate of drug-likeness (QED) is 0.910. The van der Waals surface area contributed by atoms with Crippen molar-refractivity contribution in [2.75, 3.05) is 43.4 Å². The molecular formula is C17H27N3. The molecule has 1 fully saturated rings. The van der Waals surface area contributed by atoms with E-state index in [9.17, 15) is 0 Å². The normalized spacial score (nSPS) is 22.4. The minimum Gasteiger partial charge on any atom is -0.385 e. The number of nitrogens with zero attached hydrogens (tertiary/aromatic N) is 2. The van der Waals surface area contributed by atoms with Gasteiger partial charge in [-0.3, -0.25) is 4.90 Å². The minimum atomic E-state index is 0.731. The highest BCUT2D eigenvalue weighted by Crippen LogP contribution is 2.28. The number of likely N-dealkylation sites (tertiary alicyclic amines) is 1. The van der Waals surface area contributed by atoms with Gasteiger partial charge < -0.3 is 10.2 Å². The monoisotopic (exact) mass is 273 g/mol. The molecule has 20 heavy (non-hydrogen) atoms. The SMILES string of the molecule is CCN1CCCC1CN(C)c1ccc2c(c1)NCCC2. The maximum atomic E-state index is 3.53. The maximum Gasteiger partial charge on any atom is 0.0393 e. The van der Waals surface area contributed by atoms with E-state index >= 15 is 0 Å². The van der Waals surface area contributed by atoms with Crippen molar-refractivity contribution < 1.29 is 0 Å². The van der Waals surface area contributed by atoms with Crippen LogP contribution in [0.3, 0.4) is 0 Å².